The minimum atomic E-state index is 0.433. The highest BCUT2D eigenvalue weighted by molar-refractivity contribution is 8.14. The molecule has 0 saturated heterocycles. The van der Waals surface area contributed by atoms with Crippen molar-refractivity contribution < 1.29 is 0 Å². The number of aliphatic imine (C=N–C) groups is 1. The monoisotopic (exact) mass is 282 g/mol. The molecule has 2 aromatic carbocycles. The zero-order valence-electron chi connectivity index (χ0n) is 11.8. The SMILES string of the molecule is Cc1cccc(C)c1NC1=NCC(c2ccccc2)S1. The second kappa shape index (κ2) is 5.71. The van der Waals surface area contributed by atoms with Crippen LogP contribution in [0.5, 0.6) is 0 Å². The van der Waals surface area contributed by atoms with Gasteiger partial charge < -0.3 is 5.32 Å². The predicted octanol–water partition coefficient (Wildman–Crippen LogP) is 4.56. The van der Waals surface area contributed by atoms with Crippen molar-refractivity contribution in [3.05, 3.63) is 65.2 Å². The number of rotatable bonds is 2. The topological polar surface area (TPSA) is 24.4 Å². The van der Waals surface area contributed by atoms with Crippen LogP contribution in [0.1, 0.15) is 21.9 Å². The van der Waals surface area contributed by atoms with Gasteiger partial charge in [0, 0.05) is 5.69 Å². The van der Waals surface area contributed by atoms with Crippen LogP contribution in [0.3, 0.4) is 0 Å². The molecule has 1 unspecified atom stereocenters. The molecule has 20 heavy (non-hydrogen) atoms. The van der Waals surface area contributed by atoms with Crippen molar-refractivity contribution in [1.82, 2.24) is 0 Å². The van der Waals surface area contributed by atoms with E-state index in [1.54, 1.807) is 0 Å². The highest BCUT2D eigenvalue weighted by atomic mass is 32.2. The van der Waals surface area contributed by atoms with Crippen LogP contribution in [0.4, 0.5) is 5.69 Å². The van der Waals surface area contributed by atoms with Crippen molar-refractivity contribution in [3.8, 4) is 0 Å². The Morgan fingerprint density at radius 3 is 2.40 bits per heavy atom. The van der Waals surface area contributed by atoms with Gasteiger partial charge in [0.15, 0.2) is 5.17 Å². The van der Waals surface area contributed by atoms with E-state index in [1.807, 2.05) is 11.8 Å². The summed E-state index contributed by atoms with van der Waals surface area (Å²) in [5.74, 6) is 0. The molecule has 1 atom stereocenters. The summed E-state index contributed by atoms with van der Waals surface area (Å²) in [4.78, 5) is 4.64. The molecule has 0 fully saturated rings. The number of para-hydroxylation sites is 1. The van der Waals surface area contributed by atoms with Gasteiger partial charge in [-0.1, -0.05) is 60.3 Å². The van der Waals surface area contributed by atoms with E-state index in [4.69, 9.17) is 0 Å². The van der Waals surface area contributed by atoms with E-state index < -0.39 is 0 Å². The summed E-state index contributed by atoms with van der Waals surface area (Å²) in [6.45, 7) is 5.11. The van der Waals surface area contributed by atoms with Gasteiger partial charge in [0.1, 0.15) is 0 Å². The molecular weight excluding hydrogens is 264 g/mol. The number of hydrogen-bond donors (Lipinski definition) is 1. The molecule has 0 spiro atoms. The number of aryl methyl sites for hydroxylation is 2. The maximum atomic E-state index is 4.64. The van der Waals surface area contributed by atoms with E-state index in [9.17, 15) is 0 Å². The number of amidine groups is 1. The molecule has 0 bridgehead atoms. The molecule has 102 valence electrons. The molecule has 1 aliphatic rings. The van der Waals surface area contributed by atoms with Gasteiger partial charge in [0.25, 0.3) is 0 Å². The van der Waals surface area contributed by atoms with Gasteiger partial charge >= 0.3 is 0 Å². The van der Waals surface area contributed by atoms with Crippen LogP contribution in [0.2, 0.25) is 0 Å². The second-order valence-electron chi connectivity index (χ2n) is 5.05. The Hall–Kier alpha value is -1.74. The first-order valence-electron chi connectivity index (χ1n) is 6.83. The fourth-order valence-corrected chi connectivity index (χ4v) is 3.43. The Kier molecular flexibility index (Phi) is 3.79. The van der Waals surface area contributed by atoms with Crippen molar-refractivity contribution >= 4 is 22.6 Å². The lowest BCUT2D eigenvalue weighted by molar-refractivity contribution is 0.966. The Bertz CT molecular complexity index is 614. The van der Waals surface area contributed by atoms with Crippen molar-refractivity contribution in [3.63, 3.8) is 0 Å². The summed E-state index contributed by atoms with van der Waals surface area (Å²) < 4.78 is 0. The molecule has 3 heteroatoms. The third-order valence-electron chi connectivity index (χ3n) is 3.54. The predicted molar refractivity (Wildman–Crippen MR) is 88.6 cm³/mol. The molecule has 0 aromatic heterocycles. The summed E-state index contributed by atoms with van der Waals surface area (Å²) in [6.07, 6.45) is 0. The normalized spacial score (nSPS) is 17.9. The lowest BCUT2D eigenvalue weighted by Gasteiger charge is -2.13. The first kappa shape index (κ1) is 13.3. The van der Waals surface area contributed by atoms with Crippen molar-refractivity contribution in [2.45, 2.75) is 19.1 Å². The number of nitrogens with zero attached hydrogens (tertiary/aromatic N) is 1. The molecule has 0 aliphatic carbocycles. The fraction of sp³-hybridized carbons (Fsp3) is 0.235. The van der Waals surface area contributed by atoms with Gasteiger partial charge in [-0.3, -0.25) is 4.99 Å². The number of benzene rings is 2. The molecule has 1 N–H and O–H groups in total. The number of anilines is 1. The van der Waals surface area contributed by atoms with E-state index in [1.165, 1.54) is 22.4 Å². The minimum Gasteiger partial charge on any atom is -0.335 e. The molecule has 3 rings (SSSR count). The van der Waals surface area contributed by atoms with Crippen LogP contribution in [0.25, 0.3) is 0 Å². The molecule has 0 radical (unpaired) electrons. The van der Waals surface area contributed by atoms with Crippen molar-refractivity contribution in [1.29, 1.82) is 0 Å². The van der Waals surface area contributed by atoms with Crippen LogP contribution < -0.4 is 5.32 Å². The van der Waals surface area contributed by atoms with E-state index in [-0.39, 0.29) is 0 Å². The Morgan fingerprint density at radius 1 is 1.00 bits per heavy atom. The highest BCUT2D eigenvalue weighted by Crippen LogP contribution is 2.36. The summed E-state index contributed by atoms with van der Waals surface area (Å²) in [7, 11) is 0. The smallest absolute Gasteiger partial charge is 0.161 e. The zero-order chi connectivity index (χ0) is 13.9. The standard InChI is InChI=1S/C17H18N2S/c1-12-7-6-8-13(2)16(12)19-17-18-11-15(20-17)14-9-4-3-5-10-14/h3-10,15H,11H2,1-2H3,(H,18,19). The third kappa shape index (κ3) is 2.73. The first-order valence-corrected chi connectivity index (χ1v) is 7.71. The average molecular weight is 282 g/mol. The van der Waals surface area contributed by atoms with E-state index in [0.717, 1.165) is 11.7 Å². The average Bonchev–Trinajstić information content (AvgIpc) is 2.93. The lowest BCUT2D eigenvalue weighted by Crippen LogP contribution is -2.08. The van der Waals surface area contributed by atoms with Crippen LogP contribution in [-0.2, 0) is 0 Å². The van der Waals surface area contributed by atoms with Gasteiger partial charge in [-0.25, -0.2) is 0 Å². The molecule has 1 heterocycles. The van der Waals surface area contributed by atoms with E-state index in [0.29, 0.717) is 5.25 Å². The minimum absolute atomic E-state index is 0.433. The molecule has 0 amide bonds. The fourth-order valence-electron chi connectivity index (χ4n) is 2.40. The Labute approximate surface area is 124 Å². The number of thioether (sulfide) groups is 1. The molecule has 2 nitrogen and oxygen atoms in total. The lowest BCUT2D eigenvalue weighted by atomic mass is 10.1. The zero-order valence-corrected chi connectivity index (χ0v) is 12.6. The van der Waals surface area contributed by atoms with Crippen LogP contribution in [0.15, 0.2) is 53.5 Å². The van der Waals surface area contributed by atoms with Gasteiger partial charge in [-0.15, -0.1) is 0 Å². The molecular formula is C17H18N2S. The quantitative estimate of drug-likeness (QED) is 0.873. The summed E-state index contributed by atoms with van der Waals surface area (Å²) >= 11 is 1.81. The highest BCUT2D eigenvalue weighted by Gasteiger charge is 2.21. The summed E-state index contributed by atoms with van der Waals surface area (Å²) in [5, 5.41) is 4.95. The molecule has 0 saturated carbocycles. The molecule has 1 aliphatic heterocycles. The van der Waals surface area contributed by atoms with Gasteiger partial charge in [0.2, 0.25) is 0 Å². The van der Waals surface area contributed by atoms with Gasteiger partial charge in [-0.05, 0) is 30.5 Å². The number of hydrogen-bond acceptors (Lipinski definition) is 3. The maximum absolute atomic E-state index is 4.64. The summed E-state index contributed by atoms with van der Waals surface area (Å²) in [6, 6.07) is 16.9. The summed E-state index contributed by atoms with van der Waals surface area (Å²) in [5.41, 5.74) is 5.06. The molecule has 2 aromatic rings. The number of nitrogens with one attached hydrogen (secondary N) is 1. The van der Waals surface area contributed by atoms with Crippen LogP contribution in [-0.4, -0.2) is 11.7 Å². The Morgan fingerprint density at radius 2 is 1.70 bits per heavy atom. The van der Waals surface area contributed by atoms with Gasteiger partial charge in [0.05, 0.1) is 11.8 Å². The Balaban J connectivity index is 1.72. The van der Waals surface area contributed by atoms with Crippen LogP contribution >= 0.6 is 11.8 Å². The van der Waals surface area contributed by atoms with Gasteiger partial charge in [-0.2, -0.15) is 0 Å². The van der Waals surface area contributed by atoms with Crippen molar-refractivity contribution in [2.24, 2.45) is 4.99 Å². The van der Waals surface area contributed by atoms with Crippen LogP contribution in [0, 0.1) is 13.8 Å². The van der Waals surface area contributed by atoms with E-state index >= 15 is 0 Å². The first-order chi connectivity index (χ1) is 9.74. The third-order valence-corrected chi connectivity index (χ3v) is 4.70. The maximum Gasteiger partial charge on any atom is 0.161 e. The van der Waals surface area contributed by atoms with Crippen molar-refractivity contribution in [2.75, 3.05) is 11.9 Å². The largest absolute Gasteiger partial charge is 0.335 e. The van der Waals surface area contributed by atoms with E-state index in [2.05, 4.69) is 72.7 Å². The second-order valence-corrected chi connectivity index (χ2v) is 6.25.